The van der Waals surface area contributed by atoms with E-state index in [9.17, 15) is 8.78 Å². The summed E-state index contributed by atoms with van der Waals surface area (Å²) in [6.07, 6.45) is 5.16. The fourth-order valence-electron chi connectivity index (χ4n) is 2.40. The summed E-state index contributed by atoms with van der Waals surface area (Å²) < 4.78 is 28.8. The van der Waals surface area contributed by atoms with Crippen LogP contribution in [0.5, 0.6) is 0 Å². The van der Waals surface area contributed by atoms with Crippen LogP contribution in [-0.4, -0.2) is 22.8 Å². The van der Waals surface area contributed by atoms with Crippen molar-refractivity contribution < 1.29 is 8.78 Å². The Morgan fingerprint density at radius 2 is 2.00 bits per heavy atom. The Bertz CT molecular complexity index is 923. The largest absolute Gasteiger partial charge is 0.297 e. The van der Waals surface area contributed by atoms with E-state index >= 15 is 0 Å². The number of imidazole rings is 1. The van der Waals surface area contributed by atoms with Gasteiger partial charge in [-0.1, -0.05) is 6.07 Å². The summed E-state index contributed by atoms with van der Waals surface area (Å²) >= 11 is 0. The van der Waals surface area contributed by atoms with Crippen molar-refractivity contribution in [3.05, 3.63) is 66.0 Å². The number of halogens is 2. The van der Waals surface area contributed by atoms with E-state index in [-0.39, 0.29) is 5.69 Å². The highest BCUT2D eigenvalue weighted by Crippen LogP contribution is 2.24. The Morgan fingerprint density at radius 3 is 2.74 bits per heavy atom. The maximum atomic E-state index is 14.0. The molecule has 0 saturated carbocycles. The van der Waals surface area contributed by atoms with E-state index < -0.39 is 11.6 Å². The van der Waals surface area contributed by atoms with Gasteiger partial charge >= 0.3 is 0 Å². The van der Waals surface area contributed by atoms with E-state index in [2.05, 4.69) is 9.98 Å². The molecular weight excluding hydrogens is 296 g/mol. The second-order valence-corrected chi connectivity index (χ2v) is 5.17. The van der Waals surface area contributed by atoms with Gasteiger partial charge in [0.1, 0.15) is 18.0 Å². The molecule has 3 aromatic rings. The van der Waals surface area contributed by atoms with Gasteiger partial charge in [0.25, 0.3) is 0 Å². The fourth-order valence-corrected chi connectivity index (χ4v) is 2.40. The molecule has 0 saturated heterocycles. The van der Waals surface area contributed by atoms with Crippen molar-refractivity contribution in [2.24, 2.45) is 4.99 Å². The third-order valence-corrected chi connectivity index (χ3v) is 3.65. The van der Waals surface area contributed by atoms with E-state index in [4.69, 9.17) is 0 Å². The van der Waals surface area contributed by atoms with Crippen LogP contribution in [0.3, 0.4) is 0 Å². The first-order valence-electron chi connectivity index (χ1n) is 7.12. The van der Waals surface area contributed by atoms with E-state index in [0.29, 0.717) is 0 Å². The van der Waals surface area contributed by atoms with Crippen molar-refractivity contribution in [3.63, 3.8) is 0 Å². The first kappa shape index (κ1) is 15.1. The van der Waals surface area contributed by atoms with Gasteiger partial charge in [-0.15, -0.1) is 0 Å². The Kier molecular flexibility index (Phi) is 4.02. The van der Waals surface area contributed by atoms with Crippen molar-refractivity contribution in [2.75, 3.05) is 7.05 Å². The van der Waals surface area contributed by atoms with Gasteiger partial charge in [0.05, 0.1) is 16.7 Å². The van der Waals surface area contributed by atoms with Crippen LogP contribution < -0.4 is 0 Å². The minimum absolute atomic E-state index is 0.266. The molecule has 0 aliphatic rings. The average molecular weight is 311 g/mol. The van der Waals surface area contributed by atoms with Crippen LogP contribution in [0.4, 0.5) is 8.78 Å². The standard InChI is InChI=1S/C18H15F2N3/c1-12(7-8-21-2)13-3-5-16-18(9-13)23(11-22-16)17-6-4-14(19)10-15(17)20/h3-11H,1-2H3/b12-7+,21-8?. The number of aliphatic imine (C=N–C) groups is 1. The second kappa shape index (κ2) is 6.12. The first-order chi connectivity index (χ1) is 11.1. The molecule has 3 nitrogen and oxygen atoms in total. The van der Waals surface area contributed by atoms with Crippen LogP contribution in [0, 0.1) is 11.6 Å². The Hall–Kier alpha value is -2.82. The molecule has 3 rings (SSSR count). The predicted molar refractivity (Wildman–Crippen MR) is 89.1 cm³/mol. The highest BCUT2D eigenvalue weighted by molar-refractivity contribution is 5.87. The molecule has 23 heavy (non-hydrogen) atoms. The molecule has 0 N–H and O–H groups in total. The molecule has 5 heteroatoms. The highest BCUT2D eigenvalue weighted by atomic mass is 19.1. The Balaban J connectivity index is 2.15. The predicted octanol–water partition coefficient (Wildman–Crippen LogP) is 4.41. The van der Waals surface area contributed by atoms with Gasteiger partial charge in [-0.25, -0.2) is 13.8 Å². The van der Waals surface area contributed by atoms with Crippen LogP contribution in [0.25, 0.3) is 22.3 Å². The average Bonchev–Trinajstić information content (AvgIpc) is 2.95. The van der Waals surface area contributed by atoms with Crippen LogP contribution in [-0.2, 0) is 0 Å². The molecule has 2 aromatic carbocycles. The maximum Gasteiger partial charge on any atom is 0.150 e. The van der Waals surface area contributed by atoms with E-state index in [1.807, 2.05) is 31.2 Å². The molecule has 0 fully saturated rings. The molecule has 0 amide bonds. The summed E-state index contributed by atoms with van der Waals surface area (Å²) in [7, 11) is 1.71. The van der Waals surface area contributed by atoms with E-state index in [0.717, 1.165) is 28.2 Å². The van der Waals surface area contributed by atoms with Gasteiger partial charge in [-0.3, -0.25) is 9.56 Å². The van der Waals surface area contributed by atoms with Crippen LogP contribution in [0.15, 0.2) is 53.8 Å². The molecule has 1 heterocycles. The topological polar surface area (TPSA) is 30.2 Å². The van der Waals surface area contributed by atoms with Crippen molar-refractivity contribution in [1.29, 1.82) is 0 Å². The molecule has 0 bridgehead atoms. The summed E-state index contributed by atoms with van der Waals surface area (Å²) in [6.45, 7) is 1.97. The van der Waals surface area contributed by atoms with Crippen LogP contribution >= 0.6 is 0 Å². The molecule has 116 valence electrons. The smallest absolute Gasteiger partial charge is 0.150 e. The Labute approximate surface area is 132 Å². The monoisotopic (exact) mass is 311 g/mol. The zero-order valence-electron chi connectivity index (χ0n) is 12.8. The normalized spacial score (nSPS) is 12.4. The molecule has 0 atom stereocenters. The number of hydrogen-bond acceptors (Lipinski definition) is 2. The number of rotatable bonds is 3. The van der Waals surface area contributed by atoms with Crippen molar-refractivity contribution in [1.82, 2.24) is 9.55 Å². The zero-order chi connectivity index (χ0) is 16.4. The lowest BCUT2D eigenvalue weighted by atomic mass is 10.1. The Morgan fingerprint density at radius 1 is 1.17 bits per heavy atom. The number of allylic oxidation sites excluding steroid dienone is 2. The molecule has 1 aromatic heterocycles. The lowest BCUT2D eigenvalue weighted by Gasteiger charge is -2.07. The number of benzene rings is 2. The zero-order valence-corrected chi connectivity index (χ0v) is 12.8. The second-order valence-electron chi connectivity index (χ2n) is 5.17. The summed E-state index contributed by atoms with van der Waals surface area (Å²) in [4.78, 5) is 8.21. The number of hydrogen-bond donors (Lipinski definition) is 0. The van der Waals surface area contributed by atoms with Gasteiger partial charge in [0.15, 0.2) is 0 Å². The first-order valence-corrected chi connectivity index (χ1v) is 7.12. The molecule has 0 unspecified atom stereocenters. The summed E-state index contributed by atoms with van der Waals surface area (Å²) in [5.41, 5.74) is 3.79. The van der Waals surface area contributed by atoms with Gasteiger partial charge in [-0.05, 0) is 48.4 Å². The molecule has 0 aliphatic heterocycles. The number of nitrogens with zero attached hydrogens (tertiary/aromatic N) is 3. The third-order valence-electron chi connectivity index (χ3n) is 3.65. The molecule has 0 radical (unpaired) electrons. The van der Waals surface area contributed by atoms with Crippen molar-refractivity contribution >= 4 is 22.8 Å². The van der Waals surface area contributed by atoms with Crippen molar-refractivity contribution in [2.45, 2.75) is 6.92 Å². The minimum Gasteiger partial charge on any atom is -0.297 e. The van der Waals surface area contributed by atoms with E-state index in [1.165, 1.54) is 18.5 Å². The minimum atomic E-state index is -0.625. The third kappa shape index (κ3) is 2.90. The summed E-state index contributed by atoms with van der Waals surface area (Å²) in [5, 5.41) is 0. The molecule has 0 aliphatic carbocycles. The van der Waals surface area contributed by atoms with Gasteiger partial charge in [-0.2, -0.15) is 0 Å². The van der Waals surface area contributed by atoms with Gasteiger partial charge in [0.2, 0.25) is 0 Å². The molecule has 0 spiro atoms. The lowest BCUT2D eigenvalue weighted by molar-refractivity contribution is 0.578. The van der Waals surface area contributed by atoms with Crippen molar-refractivity contribution in [3.8, 4) is 5.69 Å². The van der Waals surface area contributed by atoms with Gasteiger partial charge < -0.3 is 0 Å². The molecular formula is C18H15F2N3. The SMILES string of the molecule is CN=C/C=C(\C)c1ccc2ncn(-c3ccc(F)cc3F)c2c1. The fraction of sp³-hybridized carbons (Fsp3) is 0.111. The summed E-state index contributed by atoms with van der Waals surface area (Å²) in [6, 6.07) is 9.27. The highest BCUT2D eigenvalue weighted by Gasteiger charge is 2.11. The number of fused-ring (bicyclic) bond motifs is 1. The van der Waals surface area contributed by atoms with Crippen LogP contribution in [0.1, 0.15) is 12.5 Å². The van der Waals surface area contributed by atoms with E-state index in [1.54, 1.807) is 17.8 Å². The quantitative estimate of drug-likeness (QED) is 0.659. The lowest BCUT2D eigenvalue weighted by Crippen LogP contribution is -1.97. The number of aromatic nitrogens is 2. The van der Waals surface area contributed by atoms with Crippen LogP contribution in [0.2, 0.25) is 0 Å². The van der Waals surface area contributed by atoms with Gasteiger partial charge in [0, 0.05) is 19.3 Å². The maximum absolute atomic E-state index is 14.0. The summed E-state index contributed by atoms with van der Waals surface area (Å²) in [5.74, 6) is -1.23.